The van der Waals surface area contributed by atoms with Crippen molar-refractivity contribution in [2.75, 3.05) is 0 Å². The molecule has 0 amide bonds. The second kappa shape index (κ2) is 6.52. The van der Waals surface area contributed by atoms with E-state index in [1.54, 1.807) is 0 Å². The minimum atomic E-state index is 0.254. The lowest BCUT2D eigenvalue weighted by Crippen LogP contribution is -2.22. The Morgan fingerprint density at radius 1 is 1.24 bits per heavy atom. The van der Waals surface area contributed by atoms with E-state index in [0.717, 1.165) is 18.7 Å². The number of rotatable bonds is 6. The van der Waals surface area contributed by atoms with Crippen molar-refractivity contribution in [1.82, 2.24) is 9.88 Å². The molecule has 1 aromatic carbocycles. The SMILES string of the molecule is CC[C@@H](C)Oc1ccc2c(c1)c(CNC(C)C)c(C)n2C. The van der Waals surface area contributed by atoms with Gasteiger partial charge in [-0.15, -0.1) is 0 Å². The van der Waals surface area contributed by atoms with Crippen LogP contribution >= 0.6 is 0 Å². The van der Waals surface area contributed by atoms with Gasteiger partial charge < -0.3 is 14.6 Å². The van der Waals surface area contributed by atoms with Gasteiger partial charge in [0.05, 0.1) is 6.10 Å². The third-order valence-electron chi connectivity index (χ3n) is 4.19. The fourth-order valence-corrected chi connectivity index (χ4v) is 2.55. The van der Waals surface area contributed by atoms with Gasteiger partial charge in [-0.3, -0.25) is 0 Å². The summed E-state index contributed by atoms with van der Waals surface area (Å²) < 4.78 is 8.24. The number of benzene rings is 1. The van der Waals surface area contributed by atoms with Crippen LogP contribution in [-0.4, -0.2) is 16.7 Å². The van der Waals surface area contributed by atoms with Gasteiger partial charge in [-0.25, -0.2) is 0 Å². The molecule has 3 heteroatoms. The van der Waals surface area contributed by atoms with Gasteiger partial charge in [-0.2, -0.15) is 0 Å². The molecule has 21 heavy (non-hydrogen) atoms. The number of nitrogens with one attached hydrogen (secondary N) is 1. The molecule has 0 fully saturated rings. The van der Waals surface area contributed by atoms with Crippen LogP contribution < -0.4 is 10.1 Å². The maximum Gasteiger partial charge on any atom is 0.120 e. The second-order valence-electron chi connectivity index (χ2n) is 6.17. The molecule has 0 aliphatic heterocycles. The molecule has 2 aromatic rings. The Morgan fingerprint density at radius 2 is 1.95 bits per heavy atom. The lowest BCUT2D eigenvalue weighted by atomic mass is 10.1. The molecular weight excluding hydrogens is 260 g/mol. The monoisotopic (exact) mass is 288 g/mol. The van der Waals surface area contributed by atoms with Crippen LogP contribution in [0.1, 0.15) is 45.4 Å². The van der Waals surface area contributed by atoms with Gasteiger partial charge in [-0.1, -0.05) is 20.8 Å². The van der Waals surface area contributed by atoms with E-state index >= 15 is 0 Å². The van der Waals surface area contributed by atoms with Crippen molar-refractivity contribution in [3.05, 3.63) is 29.5 Å². The predicted molar refractivity (Wildman–Crippen MR) is 90.0 cm³/mol. The second-order valence-corrected chi connectivity index (χ2v) is 6.17. The minimum absolute atomic E-state index is 0.254. The van der Waals surface area contributed by atoms with Crippen molar-refractivity contribution in [2.24, 2.45) is 7.05 Å². The fourth-order valence-electron chi connectivity index (χ4n) is 2.55. The molecule has 2 rings (SSSR count). The average Bonchev–Trinajstić information content (AvgIpc) is 2.68. The van der Waals surface area contributed by atoms with Crippen LogP contribution in [0.25, 0.3) is 10.9 Å². The molecule has 0 aliphatic carbocycles. The molecule has 0 spiro atoms. The molecule has 0 aliphatic rings. The van der Waals surface area contributed by atoms with Crippen LogP contribution in [-0.2, 0) is 13.6 Å². The normalized spacial score (nSPS) is 13.1. The zero-order valence-corrected chi connectivity index (χ0v) is 14.2. The number of aromatic nitrogens is 1. The highest BCUT2D eigenvalue weighted by Crippen LogP contribution is 2.29. The van der Waals surface area contributed by atoms with Crippen molar-refractivity contribution in [3.8, 4) is 5.75 Å². The lowest BCUT2D eigenvalue weighted by Gasteiger charge is -2.13. The van der Waals surface area contributed by atoms with Crippen LogP contribution in [0, 0.1) is 6.92 Å². The molecule has 0 saturated heterocycles. The number of hydrogen-bond acceptors (Lipinski definition) is 2. The zero-order valence-electron chi connectivity index (χ0n) is 14.2. The molecule has 0 unspecified atom stereocenters. The van der Waals surface area contributed by atoms with E-state index < -0.39 is 0 Å². The maximum absolute atomic E-state index is 5.97. The number of nitrogens with zero attached hydrogens (tertiary/aromatic N) is 1. The summed E-state index contributed by atoms with van der Waals surface area (Å²) in [4.78, 5) is 0. The molecule has 3 nitrogen and oxygen atoms in total. The molecular formula is C18H28N2O. The first-order valence-electron chi connectivity index (χ1n) is 7.92. The predicted octanol–water partition coefficient (Wildman–Crippen LogP) is 4.16. The highest BCUT2D eigenvalue weighted by molar-refractivity contribution is 5.86. The average molecular weight is 288 g/mol. The summed E-state index contributed by atoms with van der Waals surface area (Å²) >= 11 is 0. The summed E-state index contributed by atoms with van der Waals surface area (Å²) in [6, 6.07) is 6.91. The molecule has 0 saturated carbocycles. The molecule has 1 heterocycles. The molecule has 116 valence electrons. The first-order chi connectivity index (χ1) is 9.93. The summed E-state index contributed by atoms with van der Waals surface area (Å²) in [5.41, 5.74) is 3.96. The van der Waals surface area contributed by atoms with Crippen molar-refractivity contribution in [3.63, 3.8) is 0 Å². The largest absolute Gasteiger partial charge is 0.491 e. The van der Waals surface area contributed by atoms with Crippen molar-refractivity contribution in [2.45, 2.75) is 59.7 Å². The van der Waals surface area contributed by atoms with Gasteiger partial charge in [0.25, 0.3) is 0 Å². The summed E-state index contributed by atoms with van der Waals surface area (Å²) in [6.45, 7) is 11.7. The molecule has 1 N–H and O–H groups in total. The minimum Gasteiger partial charge on any atom is -0.491 e. The van der Waals surface area contributed by atoms with Crippen LogP contribution in [0.5, 0.6) is 5.75 Å². The van der Waals surface area contributed by atoms with Gasteiger partial charge in [0.1, 0.15) is 5.75 Å². The molecule has 0 bridgehead atoms. The van der Waals surface area contributed by atoms with Crippen molar-refractivity contribution < 1.29 is 4.74 Å². The Morgan fingerprint density at radius 3 is 2.57 bits per heavy atom. The van der Waals surface area contributed by atoms with Gasteiger partial charge in [0, 0.05) is 36.2 Å². The zero-order chi connectivity index (χ0) is 15.6. The van der Waals surface area contributed by atoms with E-state index in [-0.39, 0.29) is 6.10 Å². The first-order valence-corrected chi connectivity index (χ1v) is 7.92. The van der Waals surface area contributed by atoms with Crippen LogP contribution in [0.15, 0.2) is 18.2 Å². The first kappa shape index (κ1) is 15.9. The number of aryl methyl sites for hydroxylation is 1. The Bertz CT molecular complexity index is 613. The Balaban J connectivity index is 2.41. The third kappa shape index (κ3) is 3.41. The Hall–Kier alpha value is -1.48. The summed E-state index contributed by atoms with van der Waals surface area (Å²) in [5.74, 6) is 0.966. The van der Waals surface area contributed by atoms with E-state index in [1.165, 1.54) is 22.2 Å². The van der Waals surface area contributed by atoms with Gasteiger partial charge in [0.15, 0.2) is 0 Å². The summed E-state index contributed by atoms with van der Waals surface area (Å²) in [6.07, 6.45) is 1.28. The number of hydrogen-bond donors (Lipinski definition) is 1. The third-order valence-corrected chi connectivity index (χ3v) is 4.19. The van der Waals surface area contributed by atoms with Gasteiger partial charge in [-0.05, 0) is 44.0 Å². The molecule has 1 aromatic heterocycles. The van der Waals surface area contributed by atoms with Gasteiger partial charge in [0.2, 0.25) is 0 Å². The van der Waals surface area contributed by atoms with E-state index in [2.05, 4.69) is 69.7 Å². The molecule has 1 atom stereocenters. The fraction of sp³-hybridized carbons (Fsp3) is 0.556. The number of fused-ring (bicyclic) bond motifs is 1. The van der Waals surface area contributed by atoms with Gasteiger partial charge >= 0.3 is 0 Å². The lowest BCUT2D eigenvalue weighted by molar-refractivity contribution is 0.217. The topological polar surface area (TPSA) is 26.2 Å². The van der Waals surface area contributed by atoms with Crippen molar-refractivity contribution in [1.29, 1.82) is 0 Å². The highest BCUT2D eigenvalue weighted by Gasteiger charge is 2.13. The quantitative estimate of drug-likeness (QED) is 0.863. The maximum atomic E-state index is 5.97. The van der Waals surface area contributed by atoms with E-state index in [9.17, 15) is 0 Å². The van der Waals surface area contributed by atoms with E-state index in [4.69, 9.17) is 4.74 Å². The summed E-state index contributed by atoms with van der Waals surface area (Å²) in [7, 11) is 2.13. The van der Waals surface area contributed by atoms with Crippen LogP contribution in [0.3, 0.4) is 0 Å². The Labute approximate surface area is 128 Å². The van der Waals surface area contributed by atoms with Crippen LogP contribution in [0.2, 0.25) is 0 Å². The van der Waals surface area contributed by atoms with E-state index in [1.807, 2.05) is 0 Å². The smallest absolute Gasteiger partial charge is 0.120 e. The standard InChI is InChI=1S/C18H28N2O/c1-7-13(4)21-15-8-9-18-16(10-15)17(11-19-12(2)3)14(5)20(18)6/h8-10,12-13,19H,7,11H2,1-6H3/t13-/m1/s1. The number of ether oxygens (including phenoxy) is 1. The highest BCUT2D eigenvalue weighted by atomic mass is 16.5. The molecule has 0 radical (unpaired) electrons. The summed E-state index contributed by atoms with van der Waals surface area (Å²) in [5, 5.41) is 4.82. The van der Waals surface area contributed by atoms with Crippen LogP contribution in [0.4, 0.5) is 0 Å². The Kier molecular flexibility index (Phi) is 4.94. The van der Waals surface area contributed by atoms with Crippen molar-refractivity contribution >= 4 is 10.9 Å². The van der Waals surface area contributed by atoms with E-state index in [0.29, 0.717) is 6.04 Å².